The summed E-state index contributed by atoms with van der Waals surface area (Å²) in [6.45, 7) is 0. The minimum Gasteiger partial charge on any atom is -0.495 e. The van der Waals surface area contributed by atoms with Gasteiger partial charge in [-0.15, -0.1) is 0 Å². The normalized spacial score (nSPS) is 15.8. The zero-order valence-corrected chi connectivity index (χ0v) is 17.0. The minimum atomic E-state index is -4.20. The van der Waals surface area contributed by atoms with E-state index in [1.807, 2.05) is 30.3 Å². The van der Waals surface area contributed by atoms with E-state index < -0.39 is 21.9 Å². The highest BCUT2D eigenvalue weighted by Crippen LogP contribution is 2.25. The van der Waals surface area contributed by atoms with E-state index in [-0.39, 0.29) is 29.0 Å². The second-order valence-corrected chi connectivity index (χ2v) is 8.83. The van der Waals surface area contributed by atoms with E-state index >= 15 is 0 Å². The Balaban J connectivity index is 1.86. The van der Waals surface area contributed by atoms with Gasteiger partial charge in [-0.3, -0.25) is 4.79 Å². The lowest BCUT2D eigenvalue weighted by atomic mass is 10.1. The molecular formula is C21H25FN2O4S. The monoisotopic (exact) mass is 420 g/mol. The van der Waals surface area contributed by atoms with Crippen LogP contribution in [0.25, 0.3) is 0 Å². The largest absolute Gasteiger partial charge is 0.495 e. The van der Waals surface area contributed by atoms with Crippen molar-refractivity contribution in [1.82, 2.24) is 10.0 Å². The molecule has 0 heterocycles. The highest BCUT2D eigenvalue weighted by molar-refractivity contribution is 7.89. The van der Waals surface area contributed by atoms with Gasteiger partial charge in [0.15, 0.2) is 0 Å². The van der Waals surface area contributed by atoms with Gasteiger partial charge in [-0.25, -0.2) is 12.8 Å². The van der Waals surface area contributed by atoms with Crippen molar-refractivity contribution in [2.24, 2.45) is 0 Å². The number of nitrogens with one attached hydrogen (secondary N) is 2. The van der Waals surface area contributed by atoms with Crippen LogP contribution in [0, 0.1) is 5.82 Å². The summed E-state index contributed by atoms with van der Waals surface area (Å²) in [5.74, 6) is -1.09. The number of sulfonamides is 1. The van der Waals surface area contributed by atoms with Crippen LogP contribution in [0.3, 0.4) is 0 Å². The molecule has 3 rings (SSSR count). The fourth-order valence-corrected chi connectivity index (χ4v) is 4.90. The molecule has 1 saturated carbocycles. The van der Waals surface area contributed by atoms with Gasteiger partial charge in [-0.05, 0) is 43.0 Å². The van der Waals surface area contributed by atoms with Crippen LogP contribution in [0.5, 0.6) is 5.75 Å². The van der Waals surface area contributed by atoms with E-state index in [1.165, 1.54) is 13.2 Å². The van der Waals surface area contributed by atoms with Gasteiger partial charge in [0, 0.05) is 6.04 Å². The predicted molar refractivity (Wildman–Crippen MR) is 108 cm³/mol. The Morgan fingerprint density at radius 1 is 1.17 bits per heavy atom. The Labute approximate surface area is 170 Å². The van der Waals surface area contributed by atoms with Crippen molar-refractivity contribution in [1.29, 1.82) is 0 Å². The topological polar surface area (TPSA) is 84.5 Å². The number of carbonyl (C=O) groups excluding carboxylic acids is 1. The zero-order valence-electron chi connectivity index (χ0n) is 16.2. The molecule has 0 aromatic heterocycles. The first-order valence-corrected chi connectivity index (χ1v) is 11.1. The first kappa shape index (κ1) is 21.3. The van der Waals surface area contributed by atoms with Crippen molar-refractivity contribution in [3.8, 4) is 5.75 Å². The number of benzene rings is 2. The molecule has 0 saturated heterocycles. The van der Waals surface area contributed by atoms with Crippen LogP contribution in [0.4, 0.5) is 4.39 Å². The van der Waals surface area contributed by atoms with Crippen molar-refractivity contribution in [3.05, 3.63) is 59.9 Å². The third-order valence-electron chi connectivity index (χ3n) is 5.01. The molecule has 2 aromatic rings. The van der Waals surface area contributed by atoms with Gasteiger partial charge in [0.05, 0.1) is 7.11 Å². The van der Waals surface area contributed by atoms with Crippen LogP contribution >= 0.6 is 0 Å². The number of carbonyl (C=O) groups is 1. The molecule has 1 unspecified atom stereocenters. The Hall–Kier alpha value is -2.45. The van der Waals surface area contributed by atoms with Crippen molar-refractivity contribution in [2.45, 2.75) is 49.1 Å². The van der Waals surface area contributed by atoms with E-state index in [1.54, 1.807) is 0 Å². The number of rotatable bonds is 8. The lowest BCUT2D eigenvalue weighted by molar-refractivity contribution is -0.123. The van der Waals surface area contributed by atoms with Crippen molar-refractivity contribution in [3.63, 3.8) is 0 Å². The van der Waals surface area contributed by atoms with Crippen LogP contribution in [-0.4, -0.2) is 33.5 Å². The van der Waals surface area contributed by atoms with Crippen LogP contribution in [0.1, 0.15) is 31.2 Å². The van der Waals surface area contributed by atoms with E-state index in [4.69, 9.17) is 4.74 Å². The quantitative estimate of drug-likeness (QED) is 0.688. The van der Waals surface area contributed by atoms with Crippen LogP contribution in [0.15, 0.2) is 53.4 Å². The van der Waals surface area contributed by atoms with Gasteiger partial charge in [0.25, 0.3) is 0 Å². The maximum absolute atomic E-state index is 13.7. The van der Waals surface area contributed by atoms with Gasteiger partial charge < -0.3 is 10.1 Å². The lowest BCUT2D eigenvalue weighted by Crippen LogP contribution is -2.50. The number of methoxy groups -OCH3 is 1. The molecule has 0 aliphatic heterocycles. The standard InChI is InChI=1S/C21H25FN2O4S/c1-28-19-12-11-16(22)14-20(19)29(26,27)24-18(13-15-7-3-2-4-8-15)21(25)23-17-9-5-6-10-17/h2-4,7-8,11-12,14,17-18,24H,5-6,9-10,13H2,1H3,(H,23,25). The van der Waals surface area contributed by atoms with Crippen molar-refractivity contribution >= 4 is 15.9 Å². The molecule has 8 heteroatoms. The maximum atomic E-state index is 13.7. The molecule has 1 aliphatic carbocycles. The van der Waals surface area contributed by atoms with E-state index in [2.05, 4.69) is 10.0 Å². The van der Waals surface area contributed by atoms with E-state index in [9.17, 15) is 17.6 Å². The molecule has 0 bridgehead atoms. The second-order valence-electron chi connectivity index (χ2n) is 7.15. The average Bonchev–Trinajstić information content (AvgIpc) is 3.21. The third-order valence-corrected chi connectivity index (χ3v) is 6.51. The van der Waals surface area contributed by atoms with Crippen LogP contribution < -0.4 is 14.8 Å². The summed E-state index contributed by atoms with van der Waals surface area (Å²) in [5, 5.41) is 2.94. The van der Waals surface area contributed by atoms with Crippen molar-refractivity contribution in [2.75, 3.05) is 7.11 Å². The number of amides is 1. The van der Waals surface area contributed by atoms with Crippen LogP contribution in [0.2, 0.25) is 0 Å². The summed E-state index contributed by atoms with van der Waals surface area (Å²) < 4.78 is 47.2. The van der Waals surface area contributed by atoms with Crippen molar-refractivity contribution < 1.29 is 22.3 Å². The van der Waals surface area contributed by atoms with Gasteiger partial charge in [0.2, 0.25) is 15.9 Å². The molecule has 1 fully saturated rings. The summed E-state index contributed by atoms with van der Waals surface area (Å²) in [5.41, 5.74) is 0.813. The summed E-state index contributed by atoms with van der Waals surface area (Å²) in [4.78, 5) is 12.5. The number of ether oxygens (including phenoxy) is 1. The smallest absolute Gasteiger partial charge is 0.245 e. The molecular weight excluding hydrogens is 395 g/mol. The molecule has 2 aromatic carbocycles. The Bertz CT molecular complexity index is 944. The van der Waals surface area contributed by atoms with Gasteiger partial charge in [-0.1, -0.05) is 43.2 Å². The summed E-state index contributed by atoms with van der Waals surface area (Å²) in [7, 11) is -2.89. The SMILES string of the molecule is COc1ccc(F)cc1S(=O)(=O)NC(Cc1ccccc1)C(=O)NC1CCCC1. The average molecular weight is 421 g/mol. The van der Waals surface area contributed by atoms with Gasteiger partial charge in [-0.2, -0.15) is 4.72 Å². The van der Waals surface area contributed by atoms with Crippen LogP contribution in [-0.2, 0) is 21.2 Å². The summed E-state index contributed by atoms with van der Waals surface area (Å²) in [6.07, 6.45) is 4.03. The number of hydrogen-bond acceptors (Lipinski definition) is 4. The number of hydrogen-bond donors (Lipinski definition) is 2. The van der Waals surface area contributed by atoms with Gasteiger partial charge in [0.1, 0.15) is 22.5 Å². The van der Waals surface area contributed by atoms with E-state index in [0.717, 1.165) is 43.4 Å². The zero-order chi connectivity index (χ0) is 20.9. The number of halogens is 1. The highest BCUT2D eigenvalue weighted by atomic mass is 32.2. The third kappa shape index (κ3) is 5.55. The minimum absolute atomic E-state index is 0.00793. The first-order chi connectivity index (χ1) is 13.9. The maximum Gasteiger partial charge on any atom is 0.245 e. The Morgan fingerprint density at radius 3 is 2.52 bits per heavy atom. The Kier molecular flexibility index (Phi) is 6.87. The molecule has 1 amide bonds. The van der Waals surface area contributed by atoms with Gasteiger partial charge >= 0.3 is 0 Å². The fourth-order valence-electron chi connectivity index (χ4n) is 3.52. The van der Waals surface area contributed by atoms with E-state index in [0.29, 0.717) is 0 Å². The molecule has 1 atom stereocenters. The molecule has 6 nitrogen and oxygen atoms in total. The second kappa shape index (κ2) is 9.37. The predicted octanol–water partition coefficient (Wildman–Crippen LogP) is 2.78. The molecule has 0 spiro atoms. The first-order valence-electron chi connectivity index (χ1n) is 9.59. The lowest BCUT2D eigenvalue weighted by Gasteiger charge is -2.22. The highest BCUT2D eigenvalue weighted by Gasteiger charge is 2.30. The molecule has 1 aliphatic rings. The molecule has 0 radical (unpaired) electrons. The molecule has 2 N–H and O–H groups in total. The fraction of sp³-hybridized carbons (Fsp3) is 0.381. The molecule has 156 valence electrons. The summed E-state index contributed by atoms with van der Waals surface area (Å²) >= 11 is 0. The molecule has 29 heavy (non-hydrogen) atoms. The Morgan fingerprint density at radius 2 is 1.86 bits per heavy atom. The summed E-state index contributed by atoms with van der Waals surface area (Å²) in [6, 6.07) is 11.4.